The van der Waals surface area contributed by atoms with E-state index in [9.17, 15) is 5.11 Å². The molecule has 0 saturated heterocycles. The van der Waals surface area contributed by atoms with Crippen molar-refractivity contribution in [3.8, 4) is 17.2 Å². The van der Waals surface area contributed by atoms with Crippen LogP contribution in [0.15, 0.2) is 36.4 Å². The van der Waals surface area contributed by atoms with Crippen LogP contribution in [-0.4, -0.2) is 44.1 Å². The summed E-state index contributed by atoms with van der Waals surface area (Å²) in [5.74, 6) is 2.20. The number of rotatable bonds is 4. The largest absolute Gasteiger partial charge is 0.492 e. The molecule has 4 rings (SSSR count). The molecule has 2 aromatic carbocycles. The highest BCUT2D eigenvalue weighted by molar-refractivity contribution is 5.61. The van der Waals surface area contributed by atoms with Crippen LogP contribution in [0.4, 0.5) is 0 Å². The van der Waals surface area contributed by atoms with E-state index in [4.69, 9.17) is 14.2 Å². The number of quaternary nitrogens is 1. The maximum Gasteiger partial charge on any atom is 0.231 e. The second-order valence-corrected chi connectivity index (χ2v) is 7.65. The molecule has 138 valence electrons. The van der Waals surface area contributed by atoms with Gasteiger partial charge in [0.25, 0.3) is 0 Å². The van der Waals surface area contributed by atoms with Gasteiger partial charge in [-0.25, -0.2) is 0 Å². The van der Waals surface area contributed by atoms with Crippen molar-refractivity contribution in [1.29, 1.82) is 0 Å². The molecule has 2 heterocycles. The fourth-order valence-electron chi connectivity index (χ4n) is 4.19. The van der Waals surface area contributed by atoms with Crippen molar-refractivity contribution in [1.82, 2.24) is 0 Å². The second-order valence-electron chi connectivity index (χ2n) is 7.65. The van der Waals surface area contributed by atoms with Crippen molar-refractivity contribution in [2.75, 3.05) is 34.5 Å². The van der Waals surface area contributed by atoms with Crippen LogP contribution in [-0.2, 0) is 6.42 Å². The Kier molecular flexibility index (Phi) is 4.29. The summed E-state index contributed by atoms with van der Waals surface area (Å²) in [7, 11) is 6.11. The number of aliphatic hydroxyl groups is 1. The van der Waals surface area contributed by atoms with E-state index >= 15 is 0 Å². The molecule has 0 amide bonds. The summed E-state index contributed by atoms with van der Waals surface area (Å²) in [4.78, 5) is 0. The molecule has 0 saturated carbocycles. The molecule has 5 heteroatoms. The first-order valence-electron chi connectivity index (χ1n) is 9.06. The highest BCUT2D eigenvalue weighted by atomic mass is 16.7. The van der Waals surface area contributed by atoms with Crippen molar-refractivity contribution < 1.29 is 23.8 Å². The molecule has 2 aliphatic heterocycles. The normalized spacial score (nSPS) is 21.2. The van der Waals surface area contributed by atoms with E-state index in [0.717, 1.165) is 40.1 Å². The number of ether oxygens (including phenoxy) is 3. The van der Waals surface area contributed by atoms with Crippen molar-refractivity contribution in [3.63, 3.8) is 0 Å². The van der Waals surface area contributed by atoms with E-state index in [-0.39, 0.29) is 12.8 Å². The predicted molar refractivity (Wildman–Crippen MR) is 98.6 cm³/mol. The summed E-state index contributed by atoms with van der Waals surface area (Å²) in [5.41, 5.74) is 3.32. The van der Waals surface area contributed by atoms with Gasteiger partial charge < -0.3 is 23.8 Å². The van der Waals surface area contributed by atoms with Crippen LogP contribution in [0.1, 0.15) is 35.3 Å². The van der Waals surface area contributed by atoms with E-state index in [0.29, 0.717) is 12.2 Å². The third kappa shape index (κ3) is 2.81. The third-order valence-electron chi connectivity index (χ3n) is 5.71. The van der Waals surface area contributed by atoms with E-state index in [2.05, 4.69) is 20.2 Å². The Morgan fingerprint density at radius 2 is 2.00 bits per heavy atom. The zero-order valence-corrected chi connectivity index (χ0v) is 15.6. The molecule has 26 heavy (non-hydrogen) atoms. The van der Waals surface area contributed by atoms with Gasteiger partial charge in [-0.2, -0.15) is 0 Å². The van der Waals surface area contributed by atoms with Gasteiger partial charge >= 0.3 is 0 Å². The van der Waals surface area contributed by atoms with Crippen LogP contribution in [0.5, 0.6) is 17.2 Å². The number of fused-ring (bicyclic) bond motifs is 2. The van der Waals surface area contributed by atoms with Crippen molar-refractivity contribution >= 4 is 0 Å². The molecule has 0 bridgehead atoms. The number of likely N-dealkylation sites (N-methyl/N-ethyl adjacent to an activating group) is 1. The summed E-state index contributed by atoms with van der Waals surface area (Å²) < 4.78 is 17.8. The lowest BCUT2D eigenvalue weighted by Gasteiger charge is -2.44. The molecule has 2 atom stereocenters. The van der Waals surface area contributed by atoms with Crippen LogP contribution >= 0.6 is 0 Å². The topological polar surface area (TPSA) is 47.9 Å². The van der Waals surface area contributed by atoms with E-state index in [1.807, 2.05) is 30.3 Å². The van der Waals surface area contributed by atoms with Gasteiger partial charge in [-0.15, -0.1) is 0 Å². The second kappa shape index (κ2) is 6.49. The monoisotopic (exact) mass is 356 g/mol. The zero-order valence-electron chi connectivity index (χ0n) is 15.6. The smallest absolute Gasteiger partial charge is 0.231 e. The highest BCUT2D eigenvalue weighted by Gasteiger charge is 2.42. The van der Waals surface area contributed by atoms with Crippen LogP contribution in [0.2, 0.25) is 0 Å². The van der Waals surface area contributed by atoms with Gasteiger partial charge in [-0.05, 0) is 17.2 Å². The Morgan fingerprint density at radius 1 is 1.23 bits per heavy atom. The predicted octanol–water partition coefficient (Wildman–Crippen LogP) is 3.22. The van der Waals surface area contributed by atoms with E-state index < -0.39 is 6.10 Å². The molecule has 0 fully saturated rings. The first kappa shape index (κ1) is 17.2. The average Bonchev–Trinajstić information content (AvgIpc) is 3.11. The SMILES string of the molecule is COc1c2c(cc3c1C(CC(O)c1ccccc1)[N+](C)(C)CC3)OCO2. The lowest BCUT2D eigenvalue weighted by molar-refractivity contribution is -0.924. The minimum atomic E-state index is -0.528. The number of methoxy groups -OCH3 is 1. The first-order valence-corrected chi connectivity index (χ1v) is 9.06. The summed E-state index contributed by atoms with van der Waals surface area (Å²) in [6.45, 7) is 1.23. The molecule has 1 N–H and O–H groups in total. The quantitative estimate of drug-likeness (QED) is 0.855. The third-order valence-corrected chi connectivity index (χ3v) is 5.71. The molecule has 0 aromatic heterocycles. The number of nitrogens with zero attached hydrogens (tertiary/aromatic N) is 1. The molecular formula is C21H26NO4+. The van der Waals surface area contributed by atoms with E-state index in [1.165, 1.54) is 5.56 Å². The number of aliphatic hydroxyl groups excluding tert-OH is 1. The van der Waals surface area contributed by atoms with Gasteiger partial charge in [0.15, 0.2) is 11.5 Å². The summed E-state index contributed by atoms with van der Waals surface area (Å²) in [5, 5.41) is 10.9. The standard InChI is InChI=1S/C21H26NO4/c1-22(2)10-9-15-11-18-20(26-13-25-18)21(24-3)19(15)16(22)12-17(23)14-7-5-4-6-8-14/h4-8,11,16-17,23H,9-10,12-13H2,1-3H3/q+1. The van der Waals surface area contributed by atoms with Gasteiger partial charge in [-0.3, -0.25) is 0 Å². The van der Waals surface area contributed by atoms with E-state index in [1.54, 1.807) is 7.11 Å². The lowest BCUT2D eigenvalue weighted by atomic mass is 9.85. The first-order chi connectivity index (χ1) is 12.5. The number of benzene rings is 2. The van der Waals surface area contributed by atoms with Crippen LogP contribution in [0.25, 0.3) is 0 Å². The van der Waals surface area contributed by atoms with Gasteiger partial charge in [-0.1, -0.05) is 30.3 Å². The zero-order chi connectivity index (χ0) is 18.3. The molecule has 5 nitrogen and oxygen atoms in total. The Hall–Kier alpha value is -2.24. The minimum Gasteiger partial charge on any atom is -0.492 e. The molecular weight excluding hydrogens is 330 g/mol. The highest BCUT2D eigenvalue weighted by Crippen LogP contribution is 2.52. The molecule has 2 aliphatic rings. The van der Waals surface area contributed by atoms with Gasteiger partial charge in [0, 0.05) is 12.8 Å². The molecule has 0 spiro atoms. The molecule has 0 aliphatic carbocycles. The maximum atomic E-state index is 10.9. The van der Waals surface area contributed by atoms with Gasteiger partial charge in [0.05, 0.1) is 39.4 Å². The Morgan fingerprint density at radius 3 is 2.73 bits per heavy atom. The molecule has 2 aromatic rings. The summed E-state index contributed by atoms with van der Waals surface area (Å²) >= 11 is 0. The number of hydrogen-bond donors (Lipinski definition) is 1. The fourth-order valence-corrected chi connectivity index (χ4v) is 4.19. The van der Waals surface area contributed by atoms with Crippen LogP contribution in [0.3, 0.4) is 0 Å². The minimum absolute atomic E-state index is 0.110. The lowest BCUT2D eigenvalue weighted by Crippen LogP contribution is -2.48. The number of hydrogen-bond acceptors (Lipinski definition) is 4. The summed E-state index contributed by atoms with van der Waals surface area (Å²) in [6.07, 6.45) is 1.05. The maximum absolute atomic E-state index is 10.9. The van der Waals surface area contributed by atoms with Gasteiger partial charge in [0.2, 0.25) is 12.5 Å². The van der Waals surface area contributed by atoms with Crippen molar-refractivity contribution in [2.24, 2.45) is 0 Å². The van der Waals surface area contributed by atoms with Crippen molar-refractivity contribution in [2.45, 2.75) is 25.0 Å². The molecule has 0 radical (unpaired) electrons. The van der Waals surface area contributed by atoms with Crippen LogP contribution in [0, 0.1) is 0 Å². The Bertz CT molecular complexity index is 803. The van der Waals surface area contributed by atoms with Gasteiger partial charge in [0.1, 0.15) is 6.04 Å². The average molecular weight is 356 g/mol. The Labute approximate surface area is 154 Å². The Balaban J connectivity index is 1.77. The summed E-state index contributed by atoms with van der Waals surface area (Å²) in [6, 6.07) is 12.0. The van der Waals surface area contributed by atoms with Crippen molar-refractivity contribution in [3.05, 3.63) is 53.1 Å². The van der Waals surface area contributed by atoms with Crippen LogP contribution < -0.4 is 14.2 Å². The molecule has 2 unspecified atom stereocenters. The fraction of sp³-hybridized carbons (Fsp3) is 0.429.